The Morgan fingerprint density at radius 3 is 2.93 bits per heavy atom. The van der Waals surface area contributed by atoms with Gasteiger partial charge < -0.3 is 5.32 Å². The Morgan fingerprint density at radius 2 is 2.33 bits per heavy atom. The molecule has 2 rings (SSSR count). The Kier molecular flexibility index (Phi) is 3.13. The van der Waals surface area contributed by atoms with Crippen molar-refractivity contribution in [2.45, 2.75) is 20.0 Å². The number of hydrogen-bond donors (Lipinski definition) is 1. The summed E-state index contributed by atoms with van der Waals surface area (Å²) in [4.78, 5) is 4.38. The van der Waals surface area contributed by atoms with Gasteiger partial charge in [0.2, 0.25) is 0 Å². The Hall–Kier alpha value is -1.20. The first-order valence-electron chi connectivity index (χ1n) is 4.84. The standard InChI is InChI=1S/C10H14N4S/c1-8-7-15-10(12-8)6-11-5-9-3-4-14(2)13-9/h3-4,7,11H,5-6H2,1-2H3. The van der Waals surface area contributed by atoms with E-state index in [1.54, 1.807) is 11.3 Å². The highest BCUT2D eigenvalue weighted by molar-refractivity contribution is 7.09. The van der Waals surface area contributed by atoms with Crippen LogP contribution < -0.4 is 5.32 Å². The lowest BCUT2D eigenvalue weighted by molar-refractivity contribution is 0.654. The van der Waals surface area contributed by atoms with Crippen molar-refractivity contribution in [2.75, 3.05) is 0 Å². The van der Waals surface area contributed by atoms with Gasteiger partial charge in [0.1, 0.15) is 5.01 Å². The molecular formula is C10H14N4S. The summed E-state index contributed by atoms with van der Waals surface area (Å²) >= 11 is 1.69. The van der Waals surface area contributed by atoms with Crippen molar-refractivity contribution < 1.29 is 0 Å². The van der Waals surface area contributed by atoms with Crippen LogP contribution in [0, 0.1) is 6.92 Å². The summed E-state index contributed by atoms with van der Waals surface area (Å²) in [5.41, 5.74) is 2.15. The van der Waals surface area contributed by atoms with E-state index in [9.17, 15) is 0 Å². The SMILES string of the molecule is Cc1csc(CNCc2ccn(C)n2)n1. The minimum Gasteiger partial charge on any atom is -0.305 e. The van der Waals surface area contributed by atoms with Crippen molar-refractivity contribution in [1.82, 2.24) is 20.1 Å². The molecule has 0 atom stereocenters. The Morgan fingerprint density at radius 1 is 1.47 bits per heavy atom. The molecule has 4 nitrogen and oxygen atoms in total. The molecule has 0 saturated carbocycles. The molecule has 0 aliphatic heterocycles. The van der Waals surface area contributed by atoms with E-state index in [4.69, 9.17) is 0 Å². The van der Waals surface area contributed by atoms with Gasteiger partial charge in [-0.05, 0) is 13.0 Å². The zero-order valence-corrected chi connectivity index (χ0v) is 9.71. The highest BCUT2D eigenvalue weighted by Crippen LogP contribution is 2.08. The number of rotatable bonds is 4. The van der Waals surface area contributed by atoms with E-state index in [1.807, 2.05) is 30.9 Å². The van der Waals surface area contributed by atoms with Crippen molar-refractivity contribution in [3.63, 3.8) is 0 Å². The summed E-state index contributed by atoms with van der Waals surface area (Å²) in [5, 5.41) is 10.8. The average Bonchev–Trinajstić information content (AvgIpc) is 2.76. The third kappa shape index (κ3) is 2.87. The number of aromatic nitrogens is 3. The molecule has 0 radical (unpaired) electrons. The quantitative estimate of drug-likeness (QED) is 0.852. The molecule has 2 heterocycles. The minimum atomic E-state index is 0.791. The van der Waals surface area contributed by atoms with Crippen LogP contribution in [0.15, 0.2) is 17.6 Å². The van der Waals surface area contributed by atoms with Gasteiger partial charge in [0.05, 0.1) is 5.69 Å². The van der Waals surface area contributed by atoms with Crippen LogP contribution in [0.2, 0.25) is 0 Å². The molecule has 5 heteroatoms. The largest absolute Gasteiger partial charge is 0.305 e. The van der Waals surface area contributed by atoms with Crippen molar-refractivity contribution in [2.24, 2.45) is 7.05 Å². The van der Waals surface area contributed by atoms with E-state index in [1.165, 1.54) is 0 Å². The number of thiazole rings is 1. The van der Waals surface area contributed by atoms with E-state index < -0.39 is 0 Å². The fourth-order valence-electron chi connectivity index (χ4n) is 1.34. The monoisotopic (exact) mass is 222 g/mol. The van der Waals surface area contributed by atoms with Crippen LogP contribution in [0.1, 0.15) is 16.4 Å². The van der Waals surface area contributed by atoms with E-state index in [2.05, 4.69) is 20.8 Å². The minimum absolute atomic E-state index is 0.791. The van der Waals surface area contributed by atoms with Gasteiger partial charge >= 0.3 is 0 Å². The molecule has 0 aromatic carbocycles. The van der Waals surface area contributed by atoms with Crippen LogP contribution in [0.4, 0.5) is 0 Å². The maximum atomic E-state index is 4.38. The topological polar surface area (TPSA) is 42.7 Å². The number of hydrogen-bond acceptors (Lipinski definition) is 4. The van der Waals surface area contributed by atoms with Crippen LogP contribution in [-0.2, 0) is 20.1 Å². The molecule has 80 valence electrons. The Labute approximate surface area is 93.0 Å². The van der Waals surface area contributed by atoms with Crippen molar-refractivity contribution in [1.29, 1.82) is 0 Å². The van der Waals surface area contributed by atoms with Gasteiger partial charge in [-0.3, -0.25) is 4.68 Å². The lowest BCUT2D eigenvalue weighted by Gasteiger charge is -1.98. The molecule has 0 amide bonds. The van der Waals surface area contributed by atoms with Gasteiger partial charge in [-0.15, -0.1) is 11.3 Å². The lowest BCUT2D eigenvalue weighted by Crippen LogP contribution is -2.13. The second kappa shape index (κ2) is 4.55. The first kappa shape index (κ1) is 10.3. The average molecular weight is 222 g/mol. The molecular weight excluding hydrogens is 208 g/mol. The van der Waals surface area contributed by atoms with Crippen LogP contribution in [0.3, 0.4) is 0 Å². The predicted octanol–water partition coefficient (Wildman–Crippen LogP) is 1.47. The van der Waals surface area contributed by atoms with Crippen LogP contribution in [-0.4, -0.2) is 14.8 Å². The molecule has 0 spiro atoms. The first-order chi connectivity index (χ1) is 7.24. The van der Waals surface area contributed by atoms with Gasteiger partial charge in [-0.25, -0.2) is 4.98 Å². The molecule has 2 aromatic heterocycles. The van der Waals surface area contributed by atoms with E-state index in [0.29, 0.717) is 0 Å². The van der Waals surface area contributed by atoms with E-state index in [0.717, 1.165) is 29.5 Å². The highest BCUT2D eigenvalue weighted by Gasteiger charge is 1.99. The molecule has 0 aliphatic carbocycles. The zero-order chi connectivity index (χ0) is 10.7. The summed E-state index contributed by atoms with van der Waals surface area (Å²) < 4.78 is 1.81. The highest BCUT2D eigenvalue weighted by atomic mass is 32.1. The normalized spacial score (nSPS) is 10.8. The van der Waals surface area contributed by atoms with Crippen LogP contribution in [0.25, 0.3) is 0 Å². The first-order valence-corrected chi connectivity index (χ1v) is 5.72. The lowest BCUT2D eigenvalue weighted by atomic mass is 10.4. The summed E-state index contributed by atoms with van der Waals surface area (Å²) in [6.07, 6.45) is 1.95. The van der Waals surface area contributed by atoms with Gasteiger partial charge in [-0.1, -0.05) is 0 Å². The summed E-state index contributed by atoms with van der Waals surface area (Å²) in [7, 11) is 1.92. The Balaban J connectivity index is 1.80. The summed E-state index contributed by atoms with van der Waals surface area (Å²) in [5.74, 6) is 0. The second-order valence-corrected chi connectivity index (χ2v) is 4.41. The van der Waals surface area contributed by atoms with Gasteiger partial charge in [-0.2, -0.15) is 5.10 Å². The predicted molar refractivity (Wildman–Crippen MR) is 60.6 cm³/mol. The van der Waals surface area contributed by atoms with Gasteiger partial charge in [0.15, 0.2) is 0 Å². The number of nitrogens with zero attached hydrogens (tertiary/aromatic N) is 3. The van der Waals surface area contributed by atoms with Crippen LogP contribution >= 0.6 is 11.3 Å². The smallest absolute Gasteiger partial charge is 0.107 e. The maximum Gasteiger partial charge on any atom is 0.107 e. The van der Waals surface area contributed by atoms with Crippen molar-refractivity contribution >= 4 is 11.3 Å². The zero-order valence-electron chi connectivity index (χ0n) is 8.90. The molecule has 0 saturated heterocycles. The Bertz CT molecular complexity index is 392. The second-order valence-electron chi connectivity index (χ2n) is 3.47. The van der Waals surface area contributed by atoms with E-state index in [-0.39, 0.29) is 0 Å². The molecule has 0 bridgehead atoms. The fourth-order valence-corrected chi connectivity index (χ4v) is 2.08. The summed E-state index contributed by atoms with van der Waals surface area (Å²) in [6, 6.07) is 2.01. The maximum absolute atomic E-state index is 4.38. The van der Waals surface area contributed by atoms with Crippen molar-refractivity contribution in [3.05, 3.63) is 34.0 Å². The van der Waals surface area contributed by atoms with Crippen LogP contribution in [0.5, 0.6) is 0 Å². The fraction of sp³-hybridized carbons (Fsp3) is 0.400. The van der Waals surface area contributed by atoms with Gasteiger partial charge in [0.25, 0.3) is 0 Å². The number of aryl methyl sites for hydroxylation is 2. The molecule has 2 aromatic rings. The molecule has 0 fully saturated rings. The number of nitrogens with one attached hydrogen (secondary N) is 1. The summed E-state index contributed by atoms with van der Waals surface area (Å²) in [6.45, 7) is 3.62. The van der Waals surface area contributed by atoms with Crippen molar-refractivity contribution in [3.8, 4) is 0 Å². The molecule has 0 unspecified atom stereocenters. The van der Waals surface area contributed by atoms with Gasteiger partial charge in [0, 0.05) is 37.4 Å². The van der Waals surface area contributed by atoms with E-state index >= 15 is 0 Å². The molecule has 0 aliphatic rings. The molecule has 1 N–H and O–H groups in total. The molecule has 15 heavy (non-hydrogen) atoms. The third-order valence-corrected chi connectivity index (χ3v) is 2.98. The third-order valence-electron chi connectivity index (χ3n) is 2.02.